The number of pyridine rings is 1. The zero-order valence-corrected chi connectivity index (χ0v) is 24.6. The van der Waals surface area contributed by atoms with E-state index in [0.29, 0.717) is 33.5 Å². The zero-order chi connectivity index (χ0) is 29.6. The molecule has 4 aromatic heterocycles. The molecule has 0 aliphatic carbocycles. The fraction of sp³-hybridized carbons (Fsp3) is 0.0645. The number of amides is 1. The standard InChI is InChI=1S/C31H20ClFN6O2S2/c32-24-14-22(6-7-27(24)41-16-19-3-1-4-21(33)13-19)38-29-28-25(36-18-37-29)15-23(43-28)5-2-10-35-30(40)26-17-42-31(39-26)20-8-11-34-12-9-20/h1,3-4,6-9,11-15,17-18H,10,16H2,(H,35,40)(H,36,37,38). The first-order chi connectivity index (χ1) is 21.0. The van der Waals surface area contributed by atoms with Crippen LogP contribution in [-0.2, 0) is 6.61 Å². The summed E-state index contributed by atoms with van der Waals surface area (Å²) in [5, 5.41) is 8.94. The number of benzene rings is 2. The van der Waals surface area contributed by atoms with Gasteiger partial charge in [0.1, 0.15) is 35.2 Å². The van der Waals surface area contributed by atoms with Gasteiger partial charge in [-0.15, -0.1) is 22.7 Å². The summed E-state index contributed by atoms with van der Waals surface area (Å²) in [4.78, 5) is 30.5. The highest BCUT2D eigenvalue weighted by atomic mass is 35.5. The molecule has 6 rings (SSSR count). The Balaban J connectivity index is 1.08. The van der Waals surface area contributed by atoms with Gasteiger partial charge in [-0.1, -0.05) is 35.6 Å². The molecule has 1 amide bonds. The smallest absolute Gasteiger partial charge is 0.271 e. The molecule has 12 heteroatoms. The second-order valence-electron chi connectivity index (χ2n) is 8.99. The average molecular weight is 627 g/mol. The van der Waals surface area contributed by atoms with Gasteiger partial charge in [0.25, 0.3) is 5.91 Å². The number of ether oxygens (including phenoxy) is 1. The van der Waals surface area contributed by atoms with Crippen LogP contribution in [0.15, 0.2) is 84.8 Å². The number of aromatic nitrogens is 4. The van der Waals surface area contributed by atoms with Crippen LogP contribution in [-0.4, -0.2) is 32.4 Å². The van der Waals surface area contributed by atoms with E-state index in [0.717, 1.165) is 25.7 Å². The second-order valence-corrected chi connectivity index (χ2v) is 11.3. The SMILES string of the molecule is O=C(NCC#Cc1cc2ncnc(Nc3ccc(OCc4cccc(F)c4)c(Cl)c3)c2s1)c1csc(-c2ccncc2)n1. The fourth-order valence-corrected chi connectivity index (χ4v) is 5.95. The van der Waals surface area contributed by atoms with Crippen LogP contribution in [0.4, 0.5) is 15.9 Å². The van der Waals surface area contributed by atoms with E-state index in [1.165, 1.54) is 41.1 Å². The van der Waals surface area contributed by atoms with Crippen molar-refractivity contribution in [3.63, 3.8) is 0 Å². The van der Waals surface area contributed by atoms with E-state index >= 15 is 0 Å². The van der Waals surface area contributed by atoms with Crippen molar-refractivity contribution in [3.05, 3.63) is 112 Å². The van der Waals surface area contributed by atoms with Crippen LogP contribution in [0.3, 0.4) is 0 Å². The van der Waals surface area contributed by atoms with Crippen molar-refractivity contribution in [1.82, 2.24) is 25.3 Å². The van der Waals surface area contributed by atoms with Crippen molar-refractivity contribution >= 4 is 61.9 Å². The van der Waals surface area contributed by atoms with Crippen LogP contribution in [0.2, 0.25) is 5.02 Å². The second kappa shape index (κ2) is 13.0. The molecule has 0 bridgehead atoms. The third-order valence-electron chi connectivity index (χ3n) is 6.00. The normalized spacial score (nSPS) is 10.7. The Hall–Kier alpha value is -4.89. The minimum atomic E-state index is -0.319. The Kier molecular flexibility index (Phi) is 8.51. The summed E-state index contributed by atoms with van der Waals surface area (Å²) in [5.41, 5.74) is 3.41. The van der Waals surface area contributed by atoms with E-state index in [9.17, 15) is 9.18 Å². The molecule has 0 spiro atoms. The maximum atomic E-state index is 13.4. The predicted octanol–water partition coefficient (Wildman–Crippen LogP) is 7.11. The first kappa shape index (κ1) is 28.2. The van der Waals surface area contributed by atoms with Crippen LogP contribution in [0.5, 0.6) is 5.75 Å². The number of anilines is 2. The van der Waals surface area contributed by atoms with Crippen LogP contribution >= 0.6 is 34.3 Å². The van der Waals surface area contributed by atoms with Gasteiger partial charge in [0.15, 0.2) is 5.82 Å². The van der Waals surface area contributed by atoms with Crippen LogP contribution < -0.4 is 15.4 Å². The zero-order valence-electron chi connectivity index (χ0n) is 22.2. The molecular formula is C31H20ClFN6O2S2. The maximum Gasteiger partial charge on any atom is 0.271 e. The summed E-state index contributed by atoms with van der Waals surface area (Å²) < 4.78 is 20.0. The Morgan fingerprint density at radius 3 is 2.79 bits per heavy atom. The van der Waals surface area contributed by atoms with Crippen LogP contribution in [0.25, 0.3) is 20.8 Å². The lowest BCUT2D eigenvalue weighted by molar-refractivity contribution is 0.0954. The number of halogens is 2. The summed E-state index contributed by atoms with van der Waals surface area (Å²) in [6, 6.07) is 17.1. The number of carbonyl (C=O) groups is 1. The summed E-state index contributed by atoms with van der Waals surface area (Å²) in [6.07, 6.45) is 4.85. The van der Waals surface area contributed by atoms with Gasteiger partial charge in [-0.05, 0) is 54.1 Å². The largest absolute Gasteiger partial charge is 0.487 e. The van der Waals surface area contributed by atoms with Crippen molar-refractivity contribution < 1.29 is 13.9 Å². The monoisotopic (exact) mass is 626 g/mol. The minimum Gasteiger partial charge on any atom is -0.487 e. The molecule has 0 radical (unpaired) electrons. The van der Waals surface area contributed by atoms with E-state index < -0.39 is 0 Å². The molecule has 43 heavy (non-hydrogen) atoms. The number of nitrogens with one attached hydrogen (secondary N) is 2. The third-order valence-corrected chi connectivity index (χ3v) is 8.24. The van der Waals surface area contributed by atoms with Crippen molar-refractivity contribution in [2.24, 2.45) is 0 Å². The lowest BCUT2D eigenvalue weighted by Crippen LogP contribution is -2.23. The van der Waals surface area contributed by atoms with Gasteiger partial charge in [0.05, 0.1) is 26.7 Å². The van der Waals surface area contributed by atoms with Gasteiger partial charge >= 0.3 is 0 Å². The van der Waals surface area contributed by atoms with Gasteiger partial charge < -0.3 is 15.4 Å². The average Bonchev–Trinajstić information content (AvgIpc) is 3.68. The van der Waals surface area contributed by atoms with Crippen LogP contribution in [0, 0.1) is 17.7 Å². The molecule has 8 nitrogen and oxygen atoms in total. The Labute approximate surface area is 258 Å². The fourth-order valence-electron chi connectivity index (χ4n) is 3.98. The number of nitrogens with zero attached hydrogens (tertiary/aromatic N) is 4. The molecular weight excluding hydrogens is 607 g/mol. The van der Waals surface area contributed by atoms with Gasteiger partial charge in [0, 0.05) is 29.0 Å². The quantitative estimate of drug-likeness (QED) is 0.174. The van der Waals surface area contributed by atoms with Crippen molar-refractivity contribution in [2.75, 3.05) is 11.9 Å². The molecule has 0 aliphatic rings. The first-order valence-electron chi connectivity index (χ1n) is 12.8. The van der Waals surface area contributed by atoms with Gasteiger partial charge in [-0.3, -0.25) is 9.78 Å². The number of carbonyl (C=O) groups excluding carboxylic acids is 1. The minimum absolute atomic E-state index is 0.165. The molecule has 2 aromatic carbocycles. The number of rotatable bonds is 8. The van der Waals surface area contributed by atoms with E-state index in [1.807, 2.05) is 24.3 Å². The molecule has 0 unspecified atom stereocenters. The van der Waals surface area contributed by atoms with Gasteiger partial charge in [0.2, 0.25) is 0 Å². The van der Waals surface area contributed by atoms with Crippen molar-refractivity contribution in [2.45, 2.75) is 6.61 Å². The predicted molar refractivity (Wildman–Crippen MR) is 167 cm³/mol. The molecule has 0 saturated heterocycles. The van der Waals surface area contributed by atoms with Crippen molar-refractivity contribution in [3.8, 4) is 28.2 Å². The summed E-state index contributed by atoms with van der Waals surface area (Å²) >= 11 is 9.29. The van der Waals surface area contributed by atoms with E-state index in [4.69, 9.17) is 16.3 Å². The Morgan fingerprint density at radius 2 is 1.95 bits per heavy atom. The van der Waals surface area contributed by atoms with E-state index in [2.05, 4.69) is 42.4 Å². The Bertz CT molecular complexity index is 1990. The lowest BCUT2D eigenvalue weighted by Gasteiger charge is -2.11. The summed E-state index contributed by atoms with van der Waals surface area (Å²) in [5.74, 6) is 6.55. The number of hydrogen-bond donors (Lipinski definition) is 2. The molecule has 4 heterocycles. The van der Waals surface area contributed by atoms with Gasteiger partial charge in [-0.25, -0.2) is 19.3 Å². The number of thiophene rings is 1. The molecule has 212 valence electrons. The summed E-state index contributed by atoms with van der Waals surface area (Å²) in [6.45, 7) is 0.357. The highest BCUT2D eigenvalue weighted by molar-refractivity contribution is 7.20. The molecule has 0 aliphatic heterocycles. The first-order valence-corrected chi connectivity index (χ1v) is 14.9. The van der Waals surface area contributed by atoms with E-state index in [-0.39, 0.29) is 24.9 Å². The highest BCUT2D eigenvalue weighted by Gasteiger charge is 2.12. The molecule has 2 N–H and O–H groups in total. The van der Waals surface area contributed by atoms with Crippen molar-refractivity contribution in [1.29, 1.82) is 0 Å². The molecule has 6 aromatic rings. The molecule has 0 saturated carbocycles. The Morgan fingerprint density at radius 1 is 1.07 bits per heavy atom. The lowest BCUT2D eigenvalue weighted by atomic mass is 10.2. The maximum absolute atomic E-state index is 13.4. The summed E-state index contributed by atoms with van der Waals surface area (Å²) in [7, 11) is 0. The number of thiazole rings is 1. The third kappa shape index (κ3) is 6.95. The topological polar surface area (TPSA) is 102 Å². The molecule has 0 atom stereocenters. The number of fused-ring (bicyclic) bond motifs is 1. The highest BCUT2D eigenvalue weighted by Crippen LogP contribution is 2.33. The number of hydrogen-bond acceptors (Lipinski definition) is 9. The van der Waals surface area contributed by atoms with E-state index in [1.54, 1.807) is 42.0 Å². The molecule has 0 fully saturated rings. The van der Waals surface area contributed by atoms with Gasteiger partial charge in [-0.2, -0.15) is 0 Å². The van der Waals surface area contributed by atoms with Crippen LogP contribution in [0.1, 0.15) is 20.9 Å².